The van der Waals surface area contributed by atoms with Crippen molar-refractivity contribution < 1.29 is 9.84 Å². The van der Waals surface area contributed by atoms with Gasteiger partial charge in [-0.2, -0.15) is 0 Å². The molecule has 2 N–H and O–H groups in total. The molecule has 0 aromatic heterocycles. The van der Waals surface area contributed by atoms with Crippen LogP contribution >= 0.6 is 23.2 Å². The zero-order valence-electron chi connectivity index (χ0n) is 9.36. The van der Waals surface area contributed by atoms with E-state index in [1.165, 1.54) is 6.07 Å². The van der Waals surface area contributed by atoms with E-state index >= 15 is 0 Å². The molecule has 0 atom stereocenters. The number of para-hydroxylation sites is 1. The van der Waals surface area contributed by atoms with E-state index in [9.17, 15) is 5.11 Å². The van der Waals surface area contributed by atoms with Crippen LogP contribution in [0.3, 0.4) is 0 Å². The Labute approximate surface area is 115 Å². The van der Waals surface area contributed by atoms with Crippen LogP contribution in [0.25, 0.3) is 0 Å². The fourth-order valence-electron chi connectivity index (χ4n) is 1.41. The van der Waals surface area contributed by atoms with Gasteiger partial charge >= 0.3 is 0 Å². The fourth-order valence-corrected chi connectivity index (χ4v) is 1.91. The first-order valence-corrected chi connectivity index (χ1v) is 6.02. The molecule has 0 aliphatic rings. The minimum Gasteiger partial charge on any atom is -0.504 e. The second-order valence-corrected chi connectivity index (χ2v) is 4.41. The number of hydrogen-bond acceptors (Lipinski definition) is 3. The third-order valence-electron chi connectivity index (χ3n) is 2.27. The van der Waals surface area contributed by atoms with Crippen LogP contribution in [-0.2, 0) is 0 Å². The summed E-state index contributed by atoms with van der Waals surface area (Å²) < 4.78 is 5.44. The largest absolute Gasteiger partial charge is 0.504 e. The average molecular weight is 284 g/mol. The molecular weight excluding hydrogens is 273 g/mol. The molecule has 94 valence electrons. The van der Waals surface area contributed by atoms with Crippen LogP contribution in [0.15, 0.2) is 42.5 Å². The van der Waals surface area contributed by atoms with E-state index < -0.39 is 0 Å². The summed E-state index contributed by atoms with van der Waals surface area (Å²) in [5.41, 5.74) is 0.434. The van der Waals surface area contributed by atoms with Gasteiger partial charge in [-0.05, 0) is 24.3 Å². The van der Waals surface area contributed by atoms with Gasteiger partial charge in [0.2, 0.25) is 0 Å². The maximum Gasteiger partial charge on any atom is 0.159 e. The van der Waals surface area contributed by atoms with Gasteiger partial charge in [0.05, 0.1) is 10.7 Å². The number of benzene rings is 2. The summed E-state index contributed by atoms with van der Waals surface area (Å²) in [6.07, 6.45) is 0. The number of rotatable bonds is 4. The second-order valence-electron chi connectivity index (χ2n) is 3.56. The predicted octanol–water partition coefficient (Wildman–Crippen LogP) is 4.15. The number of hydrogen-bond donors (Lipinski definition) is 2. The second kappa shape index (κ2) is 5.85. The first kappa shape index (κ1) is 12.9. The molecule has 0 unspecified atom stereocenters. The van der Waals surface area contributed by atoms with E-state index in [0.717, 1.165) is 5.75 Å². The first-order chi connectivity index (χ1) is 8.66. The molecule has 18 heavy (non-hydrogen) atoms. The molecule has 0 saturated heterocycles. The monoisotopic (exact) mass is 283 g/mol. The molecule has 0 amide bonds. The van der Waals surface area contributed by atoms with Gasteiger partial charge in [0.15, 0.2) is 12.5 Å². The lowest BCUT2D eigenvalue weighted by Gasteiger charge is -2.11. The van der Waals surface area contributed by atoms with Crippen LogP contribution in [0.5, 0.6) is 11.5 Å². The van der Waals surface area contributed by atoms with Crippen LogP contribution in [0, 0.1) is 0 Å². The molecule has 0 fully saturated rings. The van der Waals surface area contributed by atoms with E-state index in [0.29, 0.717) is 10.7 Å². The van der Waals surface area contributed by atoms with Crippen molar-refractivity contribution >= 4 is 28.9 Å². The third kappa shape index (κ3) is 3.22. The lowest BCUT2D eigenvalue weighted by Crippen LogP contribution is -2.08. The number of ether oxygens (including phenoxy) is 1. The van der Waals surface area contributed by atoms with Gasteiger partial charge in [-0.1, -0.05) is 41.4 Å². The molecule has 2 aromatic rings. The first-order valence-electron chi connectivity index (χ1n) is 5.26. The lowest BCUT2D eigenvalue weighted by molar-refractivity contribution is 0.345. The molecule has 0 heterocycles. The highest BCUT2D eigenvalue weighted by atomic mass is 35.5. The van der Waals surface area contributed by atoms with Crippen molar-refractivity contribution in [1.82, 2.24) is 0 Å². The van der Waals surface area contributed by atoms with E-state index in [1.54, 1.807) is 6.07 Å². The molecule has 0 aliphatic heterocycles. The minimum atomic E-state index is -0.0438. The van der Waals surface area contributed by atoms with Gasteiger partial charge in [0.1, 0.15) is 5.75 Å². The topological polar surface area (TPSA) is 41.5 Å². The summed E-state index contributed by atoms with van der Waals surface area (Å²) in [6.45, 7) is 0.203. The van der Waals surface area contributed by atoms with Crippen molar-refractivity contribution in [1.29, 1.82) is 0 Å². The Kier molecular flexibility index (Phi) is 4.18. The summed E-state index contributed by atoms with van der Waals surface area (Å²) in [6, 6.07) is 12.4. The Morgan fingerprint density at radius 1 is 1.11 bits per heavy atom. The fraction of sp³-hybridized carbons (Fsp3) is 0.0769. The average Bonchev–Trinajstić information content (AvgIpc) is 2.36. The molecular formula is C13H11Cl2NO2. The van der Waals surface area contributed by atoms with Crippen molar-refractivity contribution in [3.63, 3.8) is 0 Å². The Balaban J connectivity index is 1.99. The zero-order chi connectivity index (χ0) is 13.0. The number of halogens is 2. The van der Waals surface area contributed by atoms with Gasteiger partial charge in [0, 0.05) is 5.02 Å². The number of anilines is 1. The van der Waals surface area contributed by atoms with Gasteiger partial charge < -0.3 is 15.2 Å². The Hall–Kier alpha value is -1.58. The van der Waals surface area contributed by atoms with E-state index in [4.69, 9.17) is 27.9 Å². The zero-order valence-corrected chi connectivity index (χ0v) is 10.9. The summed E-state index contributed by atoms with van der Waals surface area (Å²) in [5.74, 6) is 0.690. The molecule has 0 aliphatic carbocycles. The van der Waals surface area contributed by atoms with Crippen LogP contribution in [-0.4, -0.2) is 11.8 Å². The molecule has 2 aromatic carbocycles. The molecule has 2 rings (SSSR count). The van der Waals surface area contributed by atoms with Crippen molar-refractivity contribution in [3.05, 3.63) is 52.5 Å². The Morgan fingerprint density at radius 3 is 2.56 bits per heavy atom. The highest BCUT2D eigenvalue weighted by molar-refractivity contribution is 6.36. The summed E-state index contributed by atoms with van der Waals surface area (Å²) in [7, 11) is 0. The van der Waals surface area contributed by atoms with Gasteiger partial charge in [-0.15, -0.1) is 0 Å². The number of aromatic hydroxyl groups is 1. The minimum absolute atomic E-state index is 0.0438. The van der Waals surface area contributed by atoms with E-state index in [-0.39, 0.29) is 17.5 Å². The van der Waals surface area contributed by atoms with Crippen LogP contribution in [0.2, 0.25) is 10.0 Å². The Morgan fingerprint density at radius 2 is 1.83 bits per heavy atom. The molecule has 5 heteroatoms. The van der Waals surface area contributed by atoms with Crippen molar-refractivity contribution in [3.8, 4) is 11.5 Å². The Bertz CT molecular complexity index is 532. The molecule has 0 bridgehead atoms. The van der Waals surface area contributed by atoms with Crippen molar-refractivity contribution in [2.75, 3.05) is 12.0 Å². The van der Waals surface area contributed by atoms with Crippen LogP contribution in [0.1, 0.15) is 0 Å². The summed E-state index contributed by atoms with van der Waals surface area (Å²) >= 11 is 11.6. The molecule has 3 nitrogen and oxygen atoms in total. The van der Waals surface area contributed by atoms with E-state index in [1.807, 2.05) is 30.3 Å². The van der Waals surface area contributed by atoms with Crippen LogP contribution < -0.4 is 10.1 Å². The van der Waals surface area contributed by atoms with E-state index in [2.05, 4.69) is 5.32 Å². The third-order valence-corrected chi connectivity index (χ3v) is 2.78. The normalized spacial score (nSPS) is 10.1. The number of phenolic OH excluding ortho intramolecular Hbond substituents is 1. The molecule has 0 spiro atoms. The molecule has 0 radical (unpaired) electrons. The lowest BCUT2D eigenvalue weighted by atomic mass is 10.3. The van der Waals surface area contributed by atoms with Gasteiger partial charge in [0.25, 0.3) is 0 Å². The number of phenols is 1. The summed E-state index contributed by atoms with van der Waals surface area (Å²) in [5, 5.41) is 13.3. The predicted molar refractivity (Wildman–Crippen MR) is 73.7 cm³/mol. The number of nitrogens with one attached hydrogen (secondary N) is 1. The standard InChI is InChI=1S/C13H11Cl2NO2/c14-9-6-11(15)13(17)12(7-9)16-8-18-10-4-2-1-3-5-10/h1-7,16-17H,8H2. The maximum absolute atomic E-state index is 9.71. The highest BCUT2D eigenvalue weighted by Gasteiger charge is 2.07. The summed E-state index contributed by atoms with van der Waals surface area (Å²) in [4.78, 5) is 0. The SMILES string of the molecule is Oc1c(Cl)cc(Cl)cc1NCOc1ccccc1. The highest BCUT2D eigenvalue weighted by Crippen LogP contribution is 2.34. The smallest absolute Gasteiger partial charge is 0.159 e. The van der Waals surface area contributed by atoms with Crippen molar-refractivity contribution in [2.24, 2.45) is 0 Å². The molecule has 0 saturated carbocycles. The van der Waals surface area contributed by atoms with Gasteiger partial charge in [-0.25, -0.2) is 0 Å². The van der Waals surface area contributed by atoms with Gasteiger partial charge in [-0.3, -0.25) is 0 Å². The quantitative estimate of drug-likeness (QED) is 0.654. The van der Waals surface area contributed by atoms with Crippen LogP contribution in [0.4, 0.5) is 5.69 Å². The van der Waals surface area contributed by atoms with Crippen molar-refractivity contribution in [2.45, 2.75) is 0 Å². The maximum atomic E-state index is 9.71.